The number of anilines is 1. The van der Waals surface area contributed by atoms with Crippen molar-refractivity contribution in [3.63, 3.8) is 0 Å². The number of nitrogens with two attached hydrogens (primary N) is 1. The molecule has 2 aromatic carbocycles. The van der Waals surface area contributed by atoms with Gasteiger partial charge in [-0.25, -0.2) is 9.97 Å². The van der Waals surface area contributed by atoms with Crippen LogP contribution < -0.4 is 26.8 Å². The number of imidazole rings is 1. The van der Waals surface area contributed by atoms with Crippen LogP contribution in [0, 0.1) is 24.7 Å². The lowest BCUT2D eigenvalue weighted by Gasteiger charge is -2.47. The highest BCUT2D eigenvalue weighted by Crippen LogP contribution is 2.37. The number of piperidine rings is 3. The van der Waals surface area contributed by atoms with Gasteiger partial charge in [0.15, 0.2) is 11.6 Å². The summed E-state index contributed by atoms with van der Waals surface area (Å²) in [6.45, 7) is 15.3. The quantitative estimate of drug-likeness (QED) is 0.0553. The van der Waals surface area contributed by atoms with Gasteiger partial charge in [0.05, 0.1) is 63.9 Å². The van der Waals surface area contributed by atoms with Crippen LogP contribution in [0.3, 0.4) is 0 Å². The van der Waals surface area contributed by atoms with E-state index in [4.69, 9.17) is 20.0 Å². The standard InChI is InChI=1S/C59H78N12O6S/c1-36(2)55(59(75)71-33-45(72)28-51(71)58(74)63-37(3)41-9-11-42(12-10-41)56-38(4)62-35-78-56)53-30-54(66-77-53)69-23-15-40(16-24-69)31-67-19-17-46(18-20-67)76-47-26-44(27-47)68-21-13-39(14-22-68)25-43-32-70(34-61-43)50-29-49(64-65-57(50)60)48-7-5-6-8-52(48)73/h5-12,29-30,32,34-37,39-40,44-47,51,55,64-65,72-73H,13-28,31,33,60H2,1-4H3,(H,63,74)/t37-,44?,45+,47?,51-,55+/m0/s1. The molecule has 4 atom stereocenters. The molecule has 78 heavy (non-hydrogen) atoms. The molecule has 0 radical (unpaired) electrons. The van der Waals surface area contributed by atoms with Gasteiger partial charge in [-0.05, 0) is 132 Å². The number of carbonyl (C=O) groups is 2. The zero-order chi connectivity index (χ0) is 54.0. The van der Waals surface area contributed by atoms with E-state index in [-0.39, 0.29) is 42.5 Å². The second-order valence-corrected chi connectivity index (χ2v) is 24.1. The topological polar surface area (TPSA) is 216 Å². The summed E-state index contributed by atoms with van der Waals surface area (Å²) in [6.07, 6.45) is 15.8. The lowest BCUT2D eigenvalue weighted by Crippen LogP contribution is -2.52. The number of phenols is 1. The molecule has 3 aromatic heterocycles. The van der Waals surface area contributed by atoms with E-state index in [1.807, 2.05) is 92.6 Å². The number of amides is 2. The third-order valence-corrected chi connectivity index (χ3v) is 18.5. The number of β-amino-alcohol motifs (C(OH)–C–C–N with tert-alkyl or cyclic N) is 1. The van der Waals surface area contributed by atoms with Crippen LogP contribution in [0.5, 0.6) is 5.75 Å². The summed E-state index contributed by atoms with van der Waals surface area (Å²) in [5.41, 5.74) is 20.6. The first kappa shape index (κ1) is 53.7. The first-order valence-corrected chi connectivity index (χ1v) is 29.4. The molecule has 0 unspecified atom stereocenters. The normalized spacial score (nSPS) is 23.9. The molecule has 6 aliphatic rings. The number of hydrazine groups is 1. The Morgan fingerprint density at radius 3 is 2.37 bits per heavy atom. The Kier molecular flexibility index (Phi) is 16.3. The van der Waals surface area contributed by atoms with E-state index in [2.05, 4.69) is 47.2 Å². The smallest absolute Gasteiger partial charge is 0.243 e. The maximum absolute atomic E-state index is 14.4. The summed E-state index contributed by atoms with van der Waals surface area (Å²) in [5.74, 6) is 1.88. The Morgan fingerprint density at radius 1 is 0.910 bits per heavy atom. The number of aryl methyl sites for hydroxylation is 1. The van der Waals surface area contributed by atoms with E-state index < -0.39 is 18.1 Å². The zero-order valence-electron chi connectivity index (χ0n) is 45.6. The highest BCUT2D eigenvalue weighted by atomic mass is 32.1. The lowest BCUT2D eigenvalue weighted by molar-refractivity contribution is -0.141. The number of aliphatic hydroxyl groups excluding tert-OH is 1. The van der Waals surface area contributed by atoms with Crippen molar-refractivity contribution in [1.29, 1.82) is 0 Å². The number of phenolic OH excluding ortho intramolecular Hbond substituents is 1. The Morgan fingerprint density at radius 2 is 1.65 bits per heavy atom. The fourth-order valence-corrected chi connectivity index (χ4v) is 13.6. The SMILES string of the molecule is Cc1ncsc1-c1ccc([C@H](C)NC(=O)[C@@H]2C[C@@H](O)CN2C(=O)[C@@H](c2cc(N3CCC(CN4CCC(OC5CC(N6CCC(Cc7cn(C8=C(N)NNC(c9ccccc9O)=C8)cn7)CC6)C5)CC4)CC3)no2)C(C)C)cc1. The molecule has 5 aliphatic heterocycles. The number of likely N-dealkylation sites (tertiary alicyclic amines) is 3. The molecule has 19 heteroatoms. The van der Waals surface area contributed by atoms with Crippen LogP contribution in [-0.2, 0) is 20.7 Å². The first-order valence-electron chi connectivity index (χ1n) is 28.5. The van der Waals surface area contributed by atoms with Crippen molar-refractivity contribution in [1.82, 2.24) is 50.6 Å². The third-order valence-electron chi connectivity index (χ3n) is 17.5. The van der Waals surface area contributed by atoms with Crippen LogP contribution in [0.25, 0.3) is 21.8 Å². The van der Waals surface area contributed by atoms with Crippen molar-refractivity contribution in [2.45, 2.75) is 134 Å². The summed E-state index contributed by atoms with van der Waals surface area (Å²) in [6, 6.07) is 16.8. The van der Waals surface area contributed by atoms with E-state index in [0.717, 1.165) is 135 Å². The van der Waals surface area contributed by atoms with E-state index in [9.17, 15) is 19.8 Å². The summed E-state index contributed by atoms with van der Waals surface area (Å²) >= 11 is 1.60. The fourth-order valence-electron chi connectivity index (χ4n) is 12.8. The number of carbonyl (C=O) groups excluding carboxylic acids is 2. The van der Waals surface area contributed by atoms with Crippen LogP contribution in [0.1, 0.15) is 119 Å². The minimum atomic E-state index is -0.795. The molecule has 1 aliphatic carbocycles. The van der Waals surface area contributed by atoms with E-state index in [1.165, 1.54) is 12.8 Å². The third kappa shape index (κ3) is 12.0. The molecule has 4 saturated heterocycles. The Bertz CT molecular complexity index is 2920. The average Bonchev–Trinajstić information content (AvgIpc) is 4.30. The Hall–Kier alpha value is -6.25. The number of nitrogens with zero attached hydrogens (tertiary/aromatic N) is 8. The monoisotopic (exact) mass is 1080 g/mol. The average molecular weight is 1080 g/mol. The van der Waals surface area contributed by atoms with Crippen molar-refractivity contribution >= 4 is 40.4 Å². The fraction of sp³-hybridized carbons (Fsp3) is 0.542. The van der Waals surface area contributed by atoms with Crippen molar-refractivity contribution < 1.29 is 29.1 Å². The van der Waals surface area contributed by atoms with Crippen LogP contribution in [0.15, 0.2) is 89.1 Å². The van der Waals surface area contributed by atoms with Gasteiger partial charge in [0.1, 0.15) is 23.5 Å². The molecule has 0 spiro atoms. The first-order chi connectivity index (χ1) is 37.8. The van der Waals surface area contributed by atoms with Crippen LogP contribution in [0.2, 0.25) is 0 Å². The van der Waals surface area contributed by atoms with Gasteiger partial charge >= 0.3 is 0 Å². The van der Waals surface area contributed by atoms with Gasteiger partial charge in [0.25, 0.3) is 0 Å². The van der Waals surface area contributed by atoms with Gasteiger partial charge in [-0.3, -0.25) is 20.4 Å². The van der Waals surface area contributed by atoms with E-state index >= 15 is 0 Å². The maximum atomic E-state index is 14.4. The number of thiazole rings is 1. The number of aliphatic hydroxyl groups is 1. The van der Waals surface area contributed by atoms with Gasteiger partial charge in [0.2, 0.25) is 11.8 Å². The maximum Gasteiger partial charge on any atom is 0.243 e. The number of ether oxygens (including phenoxy) is 1. The molecular formula is C59H78N12O6S. The van der Waals surface area contributed by atoms with Crippen molar-refractivity contribution in [3.8, 4) is 16.2 Å². The van der Waals surface area contributed by atoms with Gasteiger partial charge < -0.3 is 54.7 Å². The van der Waals surface area contributed by atoms with Crippen LogP contribution in [0.4, 0.5) is 5.82 Å². The van der Waals surface area contributed by atoms with E-state index in [1.54, 1.807) is 28.4 Å². The molecule has 1 saturated carbocycles. The molecule has 0 bridgehead atoms. The molecule has 416 valence electrons. The number of aromatic hydroxyl groups is 1. The second-order valence-electron chi connectivity index (χ2n) is 23.2. The van der Waals surface area contributed by atoms with Gasteiger partial charge in [-0.15, -0.1) is 11.3 Å². The summed E-state index contributed by atoms with van der Waals surface area (Å²) in [5, 5.41) is 28.8. The lowest BCUT2D eigenvalue weighted by atomic mass is 9.84. The molecule has 18 nitrogen and oxygen atoms in total. The molecule has 5 aromatic rings. The summed E-state index contributed by atoms with van der Waals surface area (Å²) < 4.78 is 14.6. The van der Waals surface area contributed by atoms with Crippen LogP contribution >= 0.6 is 11.3 Å². The van der Waals surface area contributed by atoms with Gasteiger partial charge in [-0.1, -0.05) is 55.4 Å². The van der Waals surface area contributed by atoms with Gasteiger partial charge in [-0.2, -0.15) is 0 Å². The van der Waals surface area contributed by atoms with E-state index in [0.29, 0.717) is 47.2 Å². The van der Waals surface area contributed by atoms with Crippen LogP contribution in [-0.4, -0.2) is 139 Å². The predicted molar refractivity (Wildman–Crippen MR) is 301 cm³/mol. The van der Waals surface area contributed by atoms with Crippen molar-refractivity contribution in [2.75, 3.05) is 57.3 Å². The zero-order valence-corrected chi connectivity index (χ0v) is 46.4. The molecular weight excluding hydrogens is 1000 g/mol. The molecule has 5 fully saturated rings. The largest absolute Gasteiger partial charge is 0.507 e. The van der Waals surface area contributed by atoms with Crippen molar-refractivity contribution in [2.24, 2.45) is 23.5 Å². The Balaban J connectivity index is 0.580. The number of para-hydroxylation sites is 1. The highest BCUT2D eigenvalue weighted by molar-refractivity contribution is 7.13. The number of rotatable bonds is 17. The minimum Gasteiger partial charge on any atom is -0.507 e. The number of hydrogen-bond donors (Lipinski definition) is 6. The minimum absolute atomic E-state index is 0.0919. The number of benzene rings is 2. The number of hydrogen-bond acceptors (Lipinski definition) is 16. The van der Waals surface area contributed by atoms with Crippen molar-refractivity contribution in [3.05, 3.63) is 113 Å². The molecule has 2 amide bonds. The number of aromatic nitrogens is 4. The Labute approximate surface area is 462 Å². The highest BCUT2D eigenvalue weighted by Gasteiger charge is 2.44. The number of nitrogens with one attached hydrogen (secondary N) is 3. The van der Waals surface area contributed by atoms with Gasteiger partial charge in [0, 0.05) is 69.6 Å². The summed E-state index contributed by atoms with van der Waals surface area (Å²) in [7, 11) is 0. The summed E-state index contributed by atoms with van der Waals surface area (Å²) in [4.78, 5) is 47.6. The molecule has 8 heterocycles. The number of allylic oxidation sites excluding steroid dienone is 2. The molecule has 7 N–H and O–H groups in total. The second kappa shape index (κ2) is 23.6. The predicted octanol–water partition coefficient (Wildman–Crippen LogP) is 7.00. The molecule has 11 rings (SSSR count).